The van der Waals surface area contributed by atoms with Crippen LogP contribution in [0.3, 0.4) is 0 Å². The van der Waals surface area contributed by atoms with Crippen molar-refractivity contribution in [2.75, 3.05) is 13.1 Å². The Morgan fingerprint density at radius 2 is 1.54 bits per heavy atom. The van der Waals surface area contributed by atoms with Crippen molar-refractivity contribution in [2.45, 2.75) is 45.1 Å². The van der Waals surface area contributed by atoms with Gasteiger partial charge < -0.3 is 0 Å². The molecule has 0 aromatic heterocycles. The molecule has 0 aromatic rings. The van der Waals surface area contributed by atoms with Crippen LogP contribution in [0.15, 0.2) is 0 Å². The number of fused-ring (bicyclic) bond motifs is 1. The standard InChI is InChI=1S/C12H21N/c1-9-2-4-12(5-3-9)13-7-10-6-11(10)8-13/h9-12H,2-8H2,1H3/t9-,10?,11?,12-. The minimum absolute atomic E-state index is 0.976. The molecule has 0 N–H and O–H groups in total. The van der Waals surface area contributed by atoms with Crippen molar-refractivity contribution < 1.29 is 0 Å². The van der Waals surface area contributed by atoms with Crippen LogP contribution in [-0.2, 0) is 0 Å². The molecule has 0 bridgehead atoms. The molecule has 2 atom stereocenters. The van der Waals surface area contributed by atoms with Gasteiger partial charge in [-0.1, -0.05) is 6.92 Å². The lowest BCUT2D eigenvalue weighted by atomic mass is 9.86. The van der Waals surface area contributed by atoms with Gasteiger partial charge in [-0.3, -0.25) is 4.90 Å². The molecule has 0 radical (unpaired) electrons. The van der Waals surface area contributed by atoms with Gasteiger partial charge in [0.05, 0.1) is 0 Å². The Morgan fingerprint density at radius 1 is 0.923 bits per heavy atom. The van der Waals surface area contributed by atoms with Crippen LogP contribution in [-0.4, -0.2) is 24.0 Å². The highest BCUT2D eigenvalue weighted by Gasteiger charge is 2.46. The predicted octanol–water partition coefficient (Wildman–Crippen LogP) is 2.52. The summed E-state index contributed by atoms with van der Waals surface area (Å²) < 4.78 is 0. The molecule has 2 saturated carbocycles. The summed E-state index contributed by atoms with van der Waals surface area (Å²) in [7, 11) is 0. The van der Waals surface area contributed by atoms with Crippen molar-refractivity contribution in [3.05, 3.63) is 0 Å². The second-order valence-corrected chi connectivity index (χ2v) is 5.62. The Balaban J connectivity index is 1.54. The maximum Gasteiger partial charge on any atom is 0.00956 e. The summed E-state index contributed by atoms with van der Waals surface area (Å²) in [5.41, 5.74) is 0. The van der Waals surface area contributed by atoms with E-state index in [0.717, 1.165) is 23.8 Å². The molecule has 2 unspecified atom stereocenters. The highest BCUT2D eigenvalue weighted by molar-refractivity contribution is 4.99. The van der Waals surface area contributed by atoms with Crippen molar-refractivity contribution >= 4 is 0 Å². The van der Waals surface area contributed by atoms with E-state index in [4.69, 9.17) is 0 Å². The monoisotopic (exact) mass is 179 g/mol. The quantitative estimate of drug-likeness (QED) is 0.598. The Labute approximate surface area is 81.5 Å². The highest BCUT2D eigenvalue weighted by atomic mass is 15.2. The van der Waals surface area contributed by atoms with Crippen LogP contribution in [0.2, 0.25) is 0 Å². The zero-order valence-corrected chi connectivity index (χ0v) is 8.71. The molecule has 74 valence electrons. The van der Waals surface area contributed by atoms with Crippen LogP contribution in [0, 0.1) is 17.8 Å². The van der Waals surface area contributed by atoms with E-state index in [1.165, 1.54) is 38.8 Å². The molecule has 1 aliphatic heterocycles. The van der Waals surface area contributed by atoms with Gasteiger partial charge >= 0.3 is 0 Å². The van der Waals surface area contributed by atoms with Crippen LogP contribution >= 0.6 is 0 Å². The summed E-state index contributed by atoms with van der Waals surface area (Å²) >= 11 is 0. The fraction of sp³-hybridized carbons (Fsp3) is 1.00. The molecule has 0 amide bonds. The summed E-state index contributed by atoms with van der Waals surface area (Å²) in [6.45, 7) is 5.31. The van der Waals surface area contributed by atoms with Crippen LogP contribution in [0.25, 0.3) is 0 Å². The molecule has 1 heteroatoms. The summed E-state index contributed by atoms with van der Waals surface area (Å²) in [5, 5.41) is 0. The smallest absolute Gasteiger partial charge is 0.00956 e. The first-order chi connectivity index (χ1) is 6.33. The second-order valence-electron chi connectivity index (χ2n) is 5.62. The van der Waals surface area contributed by atoms with Gasteiger partial charge in [0.25, 0.3) is 0 Å². The number of hydrogen-bond donors (Lipinski definition) is 0. The van der Waals surface area contributed by atoms with Gasteiger partial charge in [0.1, 0.15) is 0 Å². The van der Waals surface area contributed by atoms with Gasteiger partial charge in [0.15, 0.2) is 0 Å². The van der Waals surface area contributed by atoms with E-state index in [-0.39, 0.29) is 0 Å². The van der Waals surface area contributed by atoms with E-state index in [9.17, 15) is 0 Å². The van der Waals surface area contributed by atoms with Gasteiger partial charge in [0, 0.05) is 19.1 Å². The molecule has 2 aliphatic carbocycles. The maximum atomic E-state index is 2.80. The molecule has 1 nitrogen and oxygen atoms in total. The third-order valence-corrected chi connectivity index (χ3v) is 4.51. The SMILES string of the molecule is C[C@H]1CC[C@H](N2CC3CC3C2)CC1. The van der Waals surface area contributed by atoms with E-state index in [0.29, 0.717) is 0 Å². The lowest BCUT2D eigenvalue weighted by Gasteiger charge is -2.34. The third-order valence-electron chi connectivity index (χ3n) is 4.51. The molecular formula is C12H21N. The number of piperidine rings is 1. The fourth-order valence-electron chi connectivity index (χ4n) is 3.34. The summed E-state index contributed by atoms with van der Waals surface area (Å²) in [4.78, 5) is 2.80. The first-order valence-corrected chi connectivity index (χ1v) is 6.07. The van der Waals surface area contributed by atoms with Crippen molar-refractivity contribution in [2.24, 2.45) is 17.8 Å². The maximum absolute atomic E-state index is 2.80. The molecule has 3 fully saturated rings. The number of likely N-dealkylation sites (tertiary alicyclic amines) is 1. The molecule has 1 heterocycles. The van der Waals surface area contributed by atoms with Crippen molar-refractivity contribution in [1.29, 1.82) is 0 Å². The van der Waals surface area contributed by atoms with Gasteiger partial charge in [0.2, 0.25) is 0 Å². The van der Waals surface area contributed by atoms with Crippen molar-refractivity contribution in [3.63, 3.8) is 0 Å². The molecule has 13 heavy (non-hydrogen) atoms. The number of nitrogens with zero attached hydrogens (tertiary/aromatic N) is 1. The fourth-order valence-corrected chi connectivity index (χ4v) is 3.34. The molecule has 3 aliphatic rings. The van der Waals surface area contributed by atoms with Crippen molar-refractivity contribution in [1.82, 2.24) is 4.90 Å². The predicted molar refractivity (Wildman–Crippen MR) is 54.6 cm³/mol. The largest absolute Gasteiger partial charge is 0.300 e. The first-order valence-electron chi connectivity index (χ1n) is 6.07. The highest BCUT2D eigenvalue weighted by Crippen LogP contribution is 2.46. The van der Waals surface area contributed by atoms with Crippen LogP contribution in [0.5, 0.6) is 0 Å². The van der Waals surface area contributed by atoms with Gasteiger partial charge in [-0.05, 0) is 49.9 Å². The first kappa shape index (κ1) is 8.28. The molecule has 0 aromatic carbocycles. The Bertz CT molecular complexity index is 183. The van der Waals surface area contributed by atoms with Gasteiger partial charge in [-0.15, -0.1) is 0 Å². The minimum Gasteiger partial charge on any atom is -0.300 e. The van der Waals surface area contributed by atoms with E-state index in [1.54, 1.807) is 6.42 Å². The zero-order valence-electron chi connectivity index (χ0n) is 8.71. The van der Waals surface area contributed by atoms with E-state index < -0.39 is 0 Å². The lowest BCUT2D eigenvalue weighted by molar-refractivity contribution is 0.155. The summed E-state index contributed by atoms with van der Waals surface area (Å²) in [5.74, 6) is 3.26. The Morgan fingerprint density at radius 3 is 2.15 bits per heavy atom. The molecule has 0 spiro atoms. The number of rotatable bonds is 1. The van der Waals surface area contributed by atoms with E-state index in [2.05, 4.69) is 11.8 Å². The van der Waals surface area contributed by atoms with Crippen LogP contribution in [0.1, 0.15) is 39.0 Å². The van der Waals surface area contributed by atoms with E-state index in [1.807, 2.05) is 0 Å². The Kier molecular flexibility index (Phi) is 1.90. The second kappa shape index (κ2) is 2.98. The summed E-state index contributed by atoms with van der Waals surface area (Å²) in [6, 6.07) is 0.976. The van der Waals surface area contributed by atoms with Gasteiger partial charge in [-0.2, -0.15) is 0 Å². The third kappa shape index (κ3) is 1.52. The van der Waals surface area contributed by atoms with Crippen LogP contribution < -0.4 is 0 Å². The normalized spacial score (nSPS) is 50.5. The molecule has 3 rings (SSSR count). The van der Waals surface area contributed by atoms with E-state index >= 15 is 0 Å². The van der Waals surface area contributed by atoms with Gasteiger partial charge in [-0.25, -0.2) is 0 Å². The average molecular weight is 179 g/mol. The minimum atomic E-state index is 0.976. The van der Waals surface area contributed by atoms with Crippen molar-refractivity contribution in [3.8, 4) is 0 Å². The Hall–Kier alpha value is -0.0400. The van der Waals surface area contributed by atoms with Crippen LogP contribution in [0.4, 0.5) is 0 Å². The molecule has 1 saturated heterocycles. The zero-order chi connectivity index (χ0) is 8.84. The summed E-state index contributed by atoms with van der Waals surface area (Å²) in [6.07, 6.45) is 7.49. The average Bonchev–Trinajstić information content (AvgIpc) is 2.75. The topological polar surface area (TPSA) is 3.24 Å². The molecular weight excluding hydrogens is 158 g/mol. The lowest BCUT2D eigenvalue weighted by Crippen LogP contribution is -2.37. The number of hydrogen-bond acceptors (Lipinski definition) is 1.